The van der Waals surface area contributed by atoms with Crippen molar-refractivity contribution < 1.29 is 4.79 Å². The molecule has 1 N–H and O–H groups in total. The van der Waals surface area contributed by atoms with E-state index in [-0.39, 0.29) is 5.91 Å². The summed E-state index contributed by atoms with van der Waals surface area (Å²) in [6.45, 7) is 0.742. The minimum atomic E-state index is -0.0412. The molecule has 16 heavy (non-hydrogen) atoms. The maximum atomic E-state index is 11.6. The van der Waals surface area contributed by atoms with Crippen molar-refractivity contribution >= 4 is 21.8 Å². The molecule has 0 saturated heterocycles. The second kappa shape index (κ2) is 7.44. The van der Waals surface area contributed by atoms with Crippen LogP contribution >= 0.6 is 15.9 Å². The molecule has 0 radical (unpaired) electrons. The monoisotopic (exact) mass is 287 g/mol. The summed E-state index contributed by atoms with van der Waals surface area (Å²) in [6.07, 6.45) is 7.83. The van der Waals surface area contributed by atoms with Crippen LogP contribution < -0.4 is 5.32 Å². The summed E-state index contributed by atoms with van der Waals surface area (Å²) in [6, 6.07) is 0. The van der Waals surface area contributed by atoms with Gasteiger partial charge in [0.2, 0.25) is 0 Å². The molecular weight excluding hydrogens is 270 g/mol. The summed E-state index contributed by atoms with van der Waals surface area (Å²) in [7, 11) is 1.82. The van der Waals surface area contributed by atoms with E-state index in [2.05, 4.69) is 26.2 Å². The van der Waals surface area contributed by atoms with Crippen LogP contribution in [0.1, 0.15) is 36.2 Å². The number of nitrogens with zero attached hydrogens (tertiary/aromatic N) is 2. The van der Waals surface area contributed by atoms with Crippen LogP contribution in [0.4, 0.5) is 0 Å². The van der Waals surface area contributed by atoms with E-state index in [0.29, 0.717) is 5.69 Å². The lowest BCUT2D eigenvalue weighted by Gasteiger charge is -2.05. The number of hydrogen-bond donors (Lipinski definition) is 1. The Bertz CT molecular complexity index is 325. The van der Waals surface area contributed by atoms with Gasteiger partial charge in [0.05, 0.1) is 12.5 Å². The van der Waals surface area contributed by atoms with Crippen LogP contribution in [0.3, 0.4) is 0 Å². The van der Waals surface area contributed by atoms with Crippen LogP contribution in [0, 0.1) is 0 Å². The molecule has 0 atom stereocenters. The molecule has 0 bridgehead atoms. The molecule has 0 saturated carbocycles. The van der Waals surface area contributed by atoms with Gasteiger partial charge in [0.1, 0.15) is 5.69 Å². The highest BCUT2D eigenvalue weighted by Gasteiger charge is 2.07. The maximum absolute atomic E-state index is 11.6. The first-order valence-electron chi connectivity index (χ1n) is 5.56. The smallest absolute Gasteiger partial charge is 0.269 e. The van der Waals surface area contributed by atoms with E-state index >= 15 is 0 Å². The quantitative estimate of drug-likeness (QED) is 0.617. The molecule has 1 heterocycles. The fourth-order valence-electron chi connectivity index (χ4n) is 1.44. The fraction of sp³-hybridized carbons (Fsp3) is 0.636. The number of alkyl halides is 1. The summed E-state index contributed by atoms with van der Waals surface area (Å²) in [5.74, 6) is -0.0412. The average Bonchev–Trinajstić information content (AvgIpc) is 2.69. The first kappa shape index (κ1) is 13.2. The van der Waals surface area contributed by atoms with Crippen LogP contribution in [-0.2, 0) is 7.05 Å². The molecule has 1 aromatic rings. The molecule has 5 heteroatoms. The average molecular weight is 288 g/mol. The summed E-state index contributed by atoms with van der Waals surface area (Å²) in [4.78, 5) is 15.5. The normalized spacial score (nSPS) is 10.4. The number of halogens is 1. The van der Waals surface area contributed by atoms with Gasteiger partial charge < -0.3 is 9.88 Å². The molecule has 0 aliphatic carbocycles. The highest BCUT2D eigenvalue weighted by Crippen LogP contribution is 2.01. The van der Waals surface area contributed by atoms with Gasteiger partial charge in [0.15, 0.2) is 0 Å². The minimum Gasteiger partial charge on any atom is -0.351 e. The second-order valence-corrected chi connectivity index (χ2v) is 4.54. The molecule has 0 spiro atoms. The van der Waals surface area contributed by atoms with Gasteiger partial charge in [-0.15, -0.1) is 0 Å². The van der Waals surface area contributed by atoms with Gasteiger partial charge in [-0.25, -0.2) is 4.98 Å². The van der Waals surface area contributed by atoms with Gasteiger partial charge in [-0.2, -0.15) is 0 Å². The maximum Gasteiger partial charge on any atom is 0.269 e. The largest absolute Gasteiger partial charge is 0.351 e. The van der Waals surface area contributed by atoms with Crippen molar-refractivity contribution in [2.45, 2.75) is 25.7 Å². The molecule has 0 aromatic carbocycles. The molecule has 4 nitrogen and oxygen atoms in total. The molecule has 90 valence electrons. The Morgan fingerprint density at radius 2 is 2.19 bits per heavy atom. The number of unbranched alkanes of at least 4 members (excludes halogenated alkanes) is 3. The number of imidazole rings is 1. The van der Waals surface area contributed by atoms with Crippen molar-refractivity contribution in [1.29, 1.82) is 0 Å². The Hall–Kier alpha value is -0.840. The highest BCUT2D eigenvalue weighted by molar-refractivity contribution is 9.09. The van der Waals surface area contributed by atoms with E-state index in [9.17, 15) is 4.79 Å². The second-order valence-electron chi connectivity index (χ2n) is 3.75. The van der Waals surface area contributed by atoms with E-state index in [1.54, 1.807) is 17.1 Å². The van der Waals surface area contributed by atoms with E-state index in [1.807, 2.05) is 7.05 Å². The predicted octanol–water partition coefficient (Wildman–Crippen LogP) is 2.11. The zero-order valence-corrected chi connectivity index (χ0v) is 11.2. The molecule has 1 amide bonds. The zero-order valence-electron chi connectivity index (χ0n) is 9.58. The lowest BCUT2D eigenvalue weighted by molar-refractivity contribution is 0.0945. The van der Waals surface area contributed by atoms with Crippen LogP contribution in [0.15, 0.2) is 12.5 Å². The Morgan fingerprint density at radius 1 is 1.44 bits per heavy atom. The molecule has 1 aromatic heterocycles. The van der Waals surface area contributed by atoms with E-state index < -0.39 is 0 Å². The molecule has 0 unspecified atom stereocenters. The molecule has 1 rings (SSSR count). The van der Waals surface area contributed by atoms with Crippen molar-refractivity contribution in [3.8, 4) is 0 Å². The molecule has 0 aliphatic heterocycles. The van der Waals surface area contributed by atoms with E-state index in [0.717, 1.165) is 24.7 Å². The Morgan fingerprint density at radius 3 is 2.81 bits per heavy atom. The Kier molecular flexibility index (Phi) is 6.15. The van der Waals surface area contributed by atoms with Crippen molar-refractivity contribution in [2.75, 3.05) is 11.9 Å². The van der Waals surface area contributed by atoms with E-state index in [4.69, 9.17) is 0 Å². The SMILES string of the molecule is Cn1cncc1C(=O)NCCCCCCBr. The van der Waals surface area contributed by atoms with Crippen LogP contribution in [0.2, 0.25) is 0 Å². The van der Waals surface area contributed by atoms with Crippen LogP contribution in [0.25, 0.3) is 0 Å². The topological polar surface area (TPSA) is 46.9 Å². The fourth-order valence-corrected chi connectivity index (χ4v) is 1.84. The summed E-state index contributed by atoms with van der Waals surface area (Å²) in [5.41, 5.74) is 0.612. The van der Waals surface area contributed by atoms with Gasteiger partial charge in [-0.1, -0.05) is 28.8 Å². The van der Waals surface area contributed by atoms with Crippen molar-refractivity contribution in [2.24, 2.45) is 7.05 Å². The van der Waals surface area contributed by atoms with Gasteiger partial charge in [-0.3, -0.25) is 4.79 Å². The van der Waals surface area contributed by atoms with Gasteiger partial charge in [0.25, 0.3) is 5.91 Å². The first-order valence-corrected chi connectivity index (χ1v) is 6.68. The summed E-state index contributed by atoms with van der Waals surface area (Å²) < 4.78 is 1.72. The summed E-state index contributed by atoms with van der Waals surface area (Å²) in [5, 5.41) is 3.96. The molecule has 0 fully saturated rings. The van der Waals surface area contributed by atoms with Gasteiger partial charge in [0, 0.05) is 18.9 Å². The number of amides is 1. The highest BCUT2D eigenvalue weighted by atomic mass is 79.9. The molecule has 0 aliphatic rings. The lowest BCUT2D eigenvalue weighted by Crippen LogP contribution is -2.26. The minimum absolute atomic E-state index is 0.0412. The number of hydrogen-bond acceptors (Lipinski definition) is 2. The summed E-state index contributed by atoms with van der Waals surface area (Å²) >= 11 is 3.40. The number of carbonyl (C=O) groups excluding carboxylic acids is 1. The number of aromatic nitrogens is 2. The van der Waals surface area contributed by atoms with E-state index in [1.165, 1.54) is 12.8 Å². The van der Waals surface area contributed by atoms with Crippen LogP contribution in [-0.4, -0.2) is 27.3 Å². The number of rotatable bonds is 7. The Labute approximate surface area is 105 Å². The third-order valence-electron chi connectivity index (χ3n) is 2.40. The number of carbonyl (C=O) groups is 1. The predicted molar refractivity (Wildman–Crippen MR) is 67.8 cm³/mol. The first-order chi connectivity index (χ1) is 7.75. The van der Waals surface area contributed by atoms with Crippen molar-refractivity contribution in [1.82, 2.24) is 14.9 Å². The number of aryl methyl sites for hydroxylation is 1. The Balaban J connectivity index is 2.14. The van der Waals surface area contributed by atoms with Crippen LogP contribution in [0.5, 0.6) is 0 Å². The molecular formula is C11H18BrN3O. The third-order valence-corrected chi connectivity index (χ3v) is 2.96. The lowest BCUT2D eigenvalue weighted by atomic mass is 10.2. The van der Waals surface area contributed by atoms with Crippen molar-refractivity contribution in [3.05, 3.63) is 18.2 Å². The standard InChI is InChI=1S/C11H18BrN3O/c1-15-9-13-8-10(15)11(16)14-7-5-3-2-4-6-12/h8-9H,2-7H2,1H3,(H,14,16). The van der Waals surface area contributed by atoms with Gasteiger partial charge >= 0.3 is 0 Å². The zero-order chi connectivity index (χ0) is 11.8. The van der Waals surface area contributed by atoms with Crippen molar-refractivity contribution in [3.63, 3.8) is 0 Å². The number of nitrogens with one attached hydrogen (secondary N) is 1. The third kappa shape index (κ3) is 4.35. The van der Waals surface area contributed by atoms with Gasteiger partial charge in [-0.05, 0) is 12.8 Å².